The fraction of sp³-hybridized carbons (Fsp3) is 0.182. The molecule has 0 saturated carbocycles. The summed E-state index contributed by atoms with van der Waals surface area (Å²) in [7, 11) is 0. The molecular formula is C11H11N3O. The highest BCUT2D eigenvalue weighted by Crippen LogP contribution is 2.26. The third kappa shape index (κ3) is 1.93. The third-order valence-corrected chi connectivity index (χ3v) is 2.23. The first-order valence-corrected chi connectivity index (χ1v) is 4.60. The number of aromatic nitrogens is 1. The molecule has 0 bridgehead atoms. The van der Waals surface area contributed by atoms with Gasteiger partial charge in [-0.05, 0) is 29.8 Å². The Morgan fingerprint density at radius 2 is 2.13 bits per heavy atom. The van der Waals surface area contributed by atoms with Gasteiger partial charge in [0.1, 0.15) is 0 Å². The highest BCUT2D eigenvalue weighted by Gasteiger charge is 2.22. The molecule has 1 atom stereocenters. The molecule has 76 valence electrons. The minimum atomic E-state index is -0.851. The summed E-state index contributed by atoms with van der Waals surface area (Å²) in [5, 5.41) is 3.39. The van der Waals surface area contributed by atoms with Gasteiger partial charge in [0.25, 0.3) is 0 Å². The lowest BCUT2D eigenvalue weighted by Gasteiger charge is -2.22. The minimum Gasteiger partial charge on any atom is -0.468 e. The second kappa shape index (κ2) is 3.65. The quantitative estimate of drug-likeness (QED) is 0.748. The normalized spacial score (nSPS) is 24.2. The average molecular weight is 201 g/mol. The van der Waals surface area contributed by atoms with E-state index in [0.717, 1.165) is 11.1 Å². The molecule has 4 heteroatoms. The highest BCUT2D eigenvalue weighted by atomic mass is 16.5. The number of ether oxygens (including phenoxy) is 1. The Kier molecular flexibility index (Phi) is 2.33. The Morgan fingerprint density at radius 3 is 2.67 bits per heavy atom. The second-order valence-electron chi connectivity index (χ2n) is 3.43. The van der Waals surface area contributed by atoms with E-state index >= 15 is 0 Å². The van der Waals surface area contributed by atoms with Crippen molar-refractivity contribution in [3.05, 3.63) is 48.5 Å². The van der Waals surface area contributed by atoms with E-state index in [0.29, 0.717) is 0 Å². The minimum absolute atomic E-state index is 0.851. The van der Waals surface area contributed by atoms with Crippen LogP contribution in [0, 0.1) is 5.53 Å². The molecule has 0 amide bonds. The van der Waals surface area contributed by atoms with E-state index in [4.69, 9.17) is 10.3 Å². The number of nitrogens with zero attached hydrogens (tertiary/aromatic N) is 2. The summed E-state index contributed by atoms with van der Waals surface area (Å²) in [6, 6.07) is 3.81. The molecule has 0 aliphatic carbocycles. The highest BCUT2D eigenvalue weighted by molar-refractivity contribution is 5.73. The Morgan fingerprint density at radius 1 is 1.40 bits per heavy atom. The van der Waals surface area contributed by atoms with Crippen LogP contribution >= 0.6 is 0 Å². The van der Waals surface area contributed by atoms with Gasteiger partial charge < -0.3 is 4.74 Å². The zero-order valence-electron chi connectivity index (χ0n) is 8.34. The van der Waals surface area contributed by atoms with E-state index in [2.05, 4.69) is 10.1 Å². The van der Waals surface area contributed by atoms with Crippen molar-refractivity contribution in [2.24, 2.45) is 5.11 Å². The largest absolute Gasteiger partial charge is 0.468 e. The molecule has 0 aromatic carbocycles. The van der Waals surface area contributed by atoms with Crippen molar-refractivity contribution in [2.45, 2.75) is 12.6 Å². The molecule has 0 fully saturated rings. The second-order valence-corrected chi connectivity index (χ2v) is 3.43. The van der Waals surface area contributed by atoms with Gasteiger partial charge in [-0.15, -0.1) is 5.11 Å². The topological polar surface area (TPSA) is 58.3 Å². The maximum Gasteiger partial charge on any atom is 0.234 e. The first-order valence-electron chi connectivity index (χ1n) is 4.60. The van der Waals surface area contributed by atoms with Crippen LogP contribution in [-0.4, -0.2) is 10.7 Å². The zero-order chi connectivity index (χ0) is 10.7. The first-order chi connectivity index (χ1) is 7.23. The Bertz CT molecular complexity index is 425. The standard InChI is InChI=1S/C11H11N3O/c1-11(14-12)5-2-10(8-15-11)9-3-6-13-7-4-9/h2-8,12H,1H3. The number of rotatable bonds is 2. The van der Waals surface area contributed by atoms with Gasteiger partial charge in [0.05, 0.1) is 6.26 Å². The van der Waals surface area contributed by atoms with Crippen LogP contribution in [0.25, 0.3) is 5.57 Å². The lowest BCUT2D eigenvalue weighted by Crippen LogP contribution is -2.21. The summed E-state index contributed by atoms with van der Waals surface area (Å²) < 4.78 is 5.36. The van der Waals surface area contributed by atoms with E-state index < -0.39 is 5.72 Å². The molecule has 4 nitrogen and oxygen atoms in total. The Hall–Kier alpha value is -1.97. The summed E-state index contributed by atoms with van der Waals surface area (Å²) in [5.41, 5.74) is 8.12. The van der Waals surface area contributed by atoms with Crippen LogP contribution in [0.2, 0.25) is 0 Å². The molecule has 1 aromatic rings. The van der Waals surface area contributed by atoms with Gasteiger partial charge in [-0.1, -0.05) is 0 Å². The van der Waals surface area contributed by atoms with Gasteiger partial charge in [0.2, 0.25) is 5.72 Å². The predicted octanol–water partition coefficient (Wildman–Crippen LogP) is 2.76. The molecule has 2 rings (SSSR count). The molecular weight excluding hydrogens is 190 g/mol. The van der Waals surface area contributed by atoms with Crippen molar-refractivity contribution in [1.82, 2.24) is 4.98 Å². The maximum atomic E-state index is 6.97. The van der Waals surface area contributed by atoms with E-state index in [9.17, 15) is 0 Å². The van der Waals surface area contributed by atoms with Crippen LogP contribution in [0.4, 0.5) is 0 Å². The molecule has 1 unspecified atom stereocenters. The van der Waals surface area contributed by atoms with Crippen molar-refractivity contribution in [3.63, 3.8) is 0 Å². The smallest absolute Gasteiger partial charge is 0.234 e. The molecule has 0 saturated heterocycles. The van der Waals surface area contributed by atoms with Crippen LogP contribution in [0.1, 0.15) is 12.5 Å². The summed E-state index contributed by atoms with van der Waals surface area (Å²) in [4.78, 5) is 3.94. The van der Waals surface area contributed by atoms with Crippen molar-refractivity contribution in [2.75, 3.05) is 0 Å². The number of hydrogen-bond donors (Lipinski definition) is 1. The number of pyridine rings is 1. The van der Waals surface area contributed by atoms with Crippen LogP contribution in [0.3, 0.4) is 0 Å². The van der Waals surface area contributed by atoms with Crippen LogP contribution < -0.4 is 0 Å². The van der Waals surface area contributed by atoms with Gasteiger partial charge in [0, 0.05) is 24.9 Å². The molecule has 15 heavy (non-hydrogen) atoms. The number of nitrogens with one attached hydrogen (secondary N) is 1. The van der Waals surface area contributed by atoms with Gasteiger partial charge in [0.15, 0.2) is 0 Å². The van der Waals surface area contributed by atoms with Gasteiger partial charge >= 0.3 is 0 Å². The summed E-state index contributed by atoms with van der Waals surface area (Å²) >= 11 is 0. The van der Waals surface area contributed by atoms with E-state index in [-0.39, 0.29) is 0 Å². The van der Waals surface area contributed by atoms with Gasteiger partial charge in [-0.2, -0.15) is 0 Å². The van der Waals surface area contributed by atoms with Crippen molar-refractivity contribution >= 4 is 5.57 Å². The summed E-state index contributed by atoms with van der Waals surface area (Å²) in [6.07, 6.45) is 8.74. The fourth-order valence-corrected chi connectivity index (χ4v) is 1.28. The van der Waals surface area contributed by atoms with Crippen LogP contribution in [0.5, 0.6) is 0 Å². The lowest BCUT2D eigenvalue weighted by atomic mass is 10.1. The van der Waals surface area contributed by atoms with Crippen molar-refractivity contribution in [3.8, 4) is 0 Å². The van der Waals surface area contributed by atoms with Gasteiger partial charge in [-0.25, -0.2) is 5.53 Å². The summed E-state index contributed by atoms with van der Waals surface area (Å²) in [6.45, 7) is 1.73. The molecule has 1 aromatic heterocycles. The fourth-order valence-electron chi connectivity index (χ4n) is 1.28. The lowest BCUT2D eigenvalue weighted by molar-refractivity contribution is 0.0833. The number of allylic oxidation sites excluding steroid dienone is 2. The number of hydrogen-bond acceptors (Lipinski definition) is 4. The average Bonchev–Trinajstić information content (AvgIpc) is 2.31. The van der Waals surface area contributed by atoms with Gasteiger partial charge in [-0.3, -0.25) is 4.98 Å². The molecule has 1 N–H and O–H groups in total. The first kappa shape index (κ1) is 9.58. The monoisotopic (exact) mass is 201 g/mol. The van der Waals surface area contributed by atoms with Crippen molar-refractivity contribution in [1.29, 1.82) is 5.53 Å². The summed E-state index contributed by atoms with van der Waals surface area (Å²) in [5.74, 6) is 0. The molecule has 1 aliphatic heterocycles. The van der Waals surface area contributed by atoms with E-state index in [1.807, 2.05) is 18.2 Å². The van der Waals surface area contributed by atoms with Crippen LogP contribution in [-0.2, 0) is 4.74 Å². The van der Waals surface area contributed by atoms with Crippen molar-refractivity contribution < 1.29 is 4.74 Å². The molecule has 1 aliphatic rings. The molecule has 0 spiro atoms. The maximum absolute atomic E-state index is 6.97. The van der Waals surface area contributed by atoms with E-state index in [1.165, 1.54) is 0 Å². The molecule has 0 radical (unpaired) electrons. The SMILES string of the molecule is CC1(N=N)C=CC(c2ccncc2)=CO1. The predicted molar refractivity (Wildman–Crippen MR) is 56.0 cm³/mol. The third-order valence-electron chi connectivity index (χ3n) is 2.23. The Labute approximate surface area is 87.8 Å². The van der Waals surface area contributed by atoms with Crippen LogP contribution in [0.15, 0.2) is 48.1 Å². The molecule has 2 heterocycles. The Balaban J connectivity index is 2.24. The zero-order valence-corrected chi connectivity index (χ0v) is 8.34. The van der Waals surface area contributed by atoms with E-state index in [1.54, 1.807) is 31.7 Å².